The van der Waals surface area contributed by atoms with Crippen LogP contribution in [0.1, 0.15) is 35.3 Å². The van der Waals surface area contributed by atoms with Gasteiger partial charge in [-0.3, -0.25) is 4.79 Å². The Morgan fingerprint density at radius 3 is 2.57 bits per heavy atom. The number of nitrogens with zero attached hydrogens (tertiary/aromatic N) is 2. The second-order valence-electron chi connectivity index (χ2n) is 7.77. The molecule has 3 aromatic rings. The van der Waals surface area contributed by atoms with Crippen molar-refractivity contribution in [3.63, 3.8) is 0 Å². The fourth-order valence-corrected chi connectivity index (χ4v) is 3.79. The van der Waals surface area contributed by atoms with Crippen molar-refractivity contribution >= 4 is 29.6 Å². The average molecular weight is 498 g/mol. The number of amides is 1. The highest BCUT2D eigenvalue weighted by Gasteiger charge is 2.16. The molecule has 2 aromatic carbocycles. The van der Waals surface area contributed by atoms with E-state index < -0.39 is 24.5 Å². The Balaban J connectivity index is 1.56. The largest absolute Gasteiger partial charge is 0.497 e. The Kier molecular flexibility index (Phi) is 8.92. The predicted molar refractivity (Wildman–Crippen MR) is 134 cm³/mol. The summed E-state index contributed by atoms with van der Waals surface area (Å²) in [5.74, 6) is 0.130. The third-order valence-corrected chi connectivity index (χ3v) is 5.70. The molecule has 0 radical (unpaired) electrons. The molecule has 184 valence electrons. The minimum absolute atomic E-state index is 0.390. The van der Waals surface area contributed by atoms with Crippen LogP contribution in [-0.4, -0.2) is 42.5 Å². The van der Waals surface area contributed by atoms with Crippen LogP contribution < -0.4 is 14.8 Å². The van der Waals surface area contributed by atoms with Gasteiger partial charge in [0, 0.05) is 17.2 Å². The number of halogens is 1. The summed E-state index contributed by atoms with van der Waals surface area (Å²) in [5.41, 5.74) is 3.08. The number of benzene rings is 2. The van der Waals surface area contributed by atoms with E-state index in [0.717, 1.165) is 11.1 Å². The summed E-state index contributed by atoms with van der Waals surface area (Å²) >= 11 is 6.47. The number of methoxy groups -OCH3 is 2. The molecule has 35 heavy (non-hydrogen) atoms. The van der Waals surface area contributed by atoms with Crippen LogP contribution in [0.5, 0.6) is 11.5 Å². The van der Waals surface area contributed by atoms with Gasteiger partial charge in [-0.2, -0.15) is 5.10 Å². The van der Waals surface area contributed by atoms with E-state index in [0.29, 0.717) is 34.5 Å². The molecule has 0 bridgehead atoms. The maximum absolute atomic E-state index is 12.3. The molecule has 1 atom stereocenters. The maximum atomic E-state index is 12.3. The van der Waals surface area contributed by atoms with Gasteiger partial charge in [-0.15, -0.1) is 0 Å². The van der Waals surface area contributed by atoms with Crippen LogP contribution in [0.3, 0.4) is 0 Å². The quantitative estimate of drug-likeness (QED) is 0.331. The average Bonchev–Trinajstić information content (AvgIpc) is 3.13. The van der Waals surface area contributed by atoms with Gasteiger partial charge in [0.05, 0.1) is 32.5 Å². The number of hydrogen-bond acceptors (Lipinski definition) is 6. The molecule has 0 fully saturated rings. The maximum Gasteiger partial charge on any atom is 0.331 e. The van der Waals surface area contributed by atoms with E-state index >= 15 is 0 Å². The Bertz CT molecular complexity index is 1210. The molecule has 3 rings (SSSR count). The first-order valence-electron chi connectivity index (χ1n) is 10.9. The summed E-state index contributed by atoms with van der Waals surface area (Å²) in [6, 6.07) is 14.7. The Labute approximate surface area is 209 Å². The summed E-state index contributed by atoms with van der Waals surface area (Å²) in [5, 5.41) is 7.64. The molecule has 1 aromatic heterocycles. The van der Waals surface area contributed by atoms with Gasteiger partial charge >= 0.3 is 5.97 Å². The number of aromatic nitrogens is 2. The lowest BCUT2D eigenvalue weighted by atomic mass is 10.1. The number of ether oxygens (including phenoxy) is 3. The van der Waals surface area contributed by atoms with Gasteiger partial charge in [0.15, 0.2) is 6.61 Å². The molecule has 1 amide bonds. The number of esters is 1. The van der Waals surface area contributed by atoms with Crippen LogP contribution in [0.15, 0.2) is 54.6 Å². The fourth-order valence-electron chi connectivity index (χ4n) is 3.49. The van der Waals surface area contributed by atoms with Gasteiger partial charge in [0.1, 0.15) is 16.7 Å². The van der Waals surface area contributed by atoms with Crippen LogP contribution >= 0.6 is 11.6 Å². The molecule has 0 aliphatic heterocycles. The smallest absolute Gasteiger partial charge is 0.331 e. The van der Waals surface area contributed by atoms with Crippen molar-refractivity contribution in [1.29, 1.82) is 0 Å². The lowest BCUT2D eigenvalue weighted by Crippen LogP contribution is -2.31. The Morgan fingerprint density at radius 1 is 1.14 bits per heavy atom. The van der Waals surface area contributed by atoms with Gasteiger partial charge in [-0.25, -0.2) is 9.48 Å². The monoisotopic (exact) mass is 497 g/mol. The van der Waals surface area contributed by atoms with Crippen LogP contribution in [-0.2, 0) is 20.9 Å². The number of hydrogen-bond donors (Lipinski definition) is 1. The highest BCUT2D eigenvalue weighted by atomic mass is 35.5. The third-order valence-electron chi connectivity index (χ3n) is 5.30. The zero-order valence-electron chi connectivity index (χ0n) is 20.1. The predicted octanol–water partition coefficient (Wildman–Crippen LogP) is 4.34. The van der Waals surface area contributed by atoms with Crippen molar-refractivity contribution in [2.75, 3.05) is 20.8 Å². The molecule has 1 unspecified atom stereocenters. The molecule has 1 N–H and O–H groups in total. The van der Waals surface area contributed by atoms with E-state index in [-0.39, 0.29) is 0 Å². The van der Waals surface area contributed by atoms with Gasteiger partial charge < -0.3 is 19.5 Å². The zero-order chi connectivity index (χ0) is 25.4. The van der Waals surface area contributed by atoms with Crippen LogP contribution in [0.2, 0.25) is 5.15 Å². The summed E-state index contributed by atoms with van der Waals surface area (Å²) in [6.07, 6.45) is 2.76. The lowest BCUT2D eigenvalue weighted by molar-refractivity contribution is -0.144. The Morgan fingerprint density at radius 2 is 1.89 bits per heavy atom. The van der Waals surface area contributed by atoms with Gasteiger partial charge in [0.2, 0.25) is 0 Å². The highest BCUT2D eigenvalue weighted by Crippen LogP contribution is 2.29. The first-order chi connectivity index (χ1) is 16.8. The highest BCUT2D eigenvalue weighted by molar-refractivity contribution is 6.31. The van der Waals surface area contributed by atoms with Gasteiger partial charge in [-0.05, 0) is 43.7 Å². The zero-order valence-corrected chi connectivity index (χ0v) is 20.8. The van der Waals surface area contributed by atoms with Crippen molar-refractivity contribution in [2.45, 2.75) is 26.4 Å². The molecule has 0 aliphatic rings. The number of rotatable bonds is 10. The molecular formula is C26H28ClN3O5. The van der Waals surface area contributed by atoms with Crippen molar-refractivity contribution in [2.24, 2.45) is 0 Å². The number of aryl methyl sites for hydroxylation is 1. The van der Waals surface area contributed by atoms with E-state index in [1.807, 2.05) is 30.3 Å². The topological polar surface area (TPSA) is 91.7 Å². The minimum atomic E-state index is -0.668. The van der Waals surface area contributed by atoms with Crippen LogP contribution in [0, 0.1) is 6.92 Å². The minimum Gasteiger partial charge on any atom is -0.497 e. The van der Waals surface area contributed by atoms with E-state index in [1.54, 1.807) is 50.9 Å². The molecule has 0 aliphatic carbocycles. The molecule has 9 heteroatoms. The summed E-state index contributed by atoms with van der Waals surface area (Å²) in [4.78, 5) is 24.5. The lowest BCUT2D eigenvalue weighted by Gasteiger charge is -2.18. The van der Waals surface area contributed by atoms with E-state index in [2.05, 4.69) is 10.4 Å². The van der Waals surface area contributed by atoms with E-state index in [1.165, 1.54) is 12.2 Å². The third kappa shape index (κ3) is 6.86. The fraction of sp³-hybridized carbons (Fsp3) is 0.269. The summed E-state index contributed by atoms with van der Waals surface area (Å²) in [7, 11) is 3.11. The van der Waals surface area contributed by atoms with Crippen molar-refractivity contribution in [1.82, 2.24) is 15.1 Å². The summed E-state index contributed by atoms with van der Waals surface area (Å²) < 4.78 is 17.3. The van der Waals surface area contributed by atoms with Crippen LogP contribution in [0.4, 0.5) is 0 Å². The van der Waals surface area contributed by atoms with Crippen molar-refractivity contribution < 1.29 is 23.8 Å². The number of carbonyl (C=O) groups excluding carboxylic acids is 2. The van der Waals surface area contributed by atoms with E-state index in [9.17, 15) is 9.59 Å². The van der Waals surface area contributed by atoms with Gasteiger partial charge in [0.25, 0.3) is 5.91 Å². The molecule has 1 heterocycles. The molecule has 0 saturated heterocycles. The van der Waals surface area contributed by atoms with Crippen molar-refractivity contribution in [3.8, 4) is 11.5 Å². The second kappa shape index (κ2) is 12.1. The standard InChI is InChI=1S/C26H28ClN3O5/c1-17(22-14-20(33-3)10-12-23(22)34-4)28-24(31)16-35-25(32)13-11-21-18(2)29-30(26(21)27)15-19-8-6-5-7-9-19/h5-14,17H,15-16H2,1-4H3,(H,28,31)/b13-11+. The Hall–Kier alpha value is -3.78. The normalized spacial score (nSPS) is 11.8. The first-order valence-corrected chi connectivity index (χ1v) is 11.3. The van der Waals surface area contributed by atoms with Gasteiger partial charge in [-0.1, -0.05) is 41.9 Å². The molecule has 0 spiro atoms. The summed E-state index contributed by atoms with van der Waals surface area (Å²) in [6.45, 7) is 3.68. The molecular weight excluding hydrogens is 470 g/mol. The number of carbonyl (C=O) groups is 2. The first kappa shape index (κ1) is 25.8. The second-order valence-corrected chi connectivity index (χ2v) is 8.13. The molecule has 8 nitrogen and oxygen atoms in total. The number of nitrogens with one attached hydrogen (secondary N) is 1. The van der Waals surface area contributed by atoms with Crippen LogP contribution in [0.25, 0.3) is 6.08 Å². The molecule has 0 saturated carbocycles. The SMILES string of the molecule is COc1ccc(OC)c(C(C)NC(=O)COC(=O)/C=C/c2c(C)nn(Cc3ccccc3)c2Cl)c1. The van der Waals surface area contributed by atoms with Crippen molar-refractivity contribution in [3.05, 3.63) is 82.1 Å². The van der Waals surface area contributed by atoms with E-state index in [4.69, 9.17) is 25.8 Å².